The van der Waals surface area contributed by atoms with E-state index in [-0.39, 0.29) is 34.5 Å². The van der Waals surface area contributed by atoms with Gasteiger partial charge in [0.1, 0.15) is 11.0 Å². The summed E-state index contributed by atoms with van der Waals surface area (Å²) in [6, 6.07) is 6.08. The summed E-state index contributed by atoms with van der Waals surface area (Å²) < 4.78 is 27.0. The van der Waals surface area contributed by atoms with E-state index in [2.05, 4.69) is 0 Å². The number of nitriles is 1. The average molecular weight is 355 g/mol. The fourth-order valence-corrected chi connectivity index (χ4v) is 5.73. The number of sulfonamides is 1. The maximum Gasteiger partial charge on any atom is 0.311 e. The molecule has 3 rings (SSSR count). The van der Waals surface area contributed by atoms with Crippen molar-refractivity contribution < 1.29 is 18.3 Å². The van der Waals surface area contributed by atoms with Gasteiger partial charge in [-0.25, -0.2) is 8.42 Å². The van der Waals surface area contributed by atoms with Crippen LogP contribution >= 0.6 is 11.6 Å². The van der Waals surface area contributed by atoms with E-state index in [9.17, 15) is 23.6 Å². The Kier molecular flexibility index (Phi) is 3.87. The minimum atomic E-state index is -3.95. The highest BCUT2D eigenvalue weighted by atomic mass is 35.5. The first-order chi connectivity index (χ1) is 10.8. The Morgan fingerprint density at radius 2 is 2.22 bits per heavy atom. The zero-order chi connectivity index (χ0) is 16.8. The van der Waals surface area contributed by atoms with E-state index >= 15 is 0 Å². The van der Waals surface area contributed by atoms with Gasteiger partial charge in [-0.05, 0) is 30.9 Å². The third-order valence-corrected chi connectivity index (χ3v) is 7.14. The van der Waals surface area contributed by atoms with Crippen LogP contribution in [0.5, 0.6) is 0 Å². The van der Waals surface area contributed by atoms with Crippen LogP contribution in [-0.4, -0.2) is 36.9 Å². The summed E-state index contributed by atoms with van der Waals surface area (Å²) in [4.78, 5) is 11.5. The van der Waals surface area contributed by atoms with Crippen molar-refractivity contribution in [3.8, 4) is 6.07 Å². The van der Waals surface area contributed by atoms with Gasteiger partial charge < -0.3 is 5.11 Å². The van der Waals surface area contributed by atoms with Crippen molar-refractivity contribution in [1.82, 2.24) is 4.31 Å². The number of carboxylic acids is 1. The zero-order valence-corrected chi connectivity index (χ0v) is 13.8. The Morgan fingerprint density at radius 3 is 2.83 bits per heavy atom. The molecule has 1 heterocycles. The maximum atomic E-state index is 12.9. The highest BCUT2D eigenvalue weighted by molar-refractivity contribution is 7.89. The lowest BCUT2D eigenvalue weighted by atomic mass is 9.81. The smallest absolute Gasteiger partial charge is 0.311 e. The Labute approximate surface area is 139 Å². The third-order valence-electron chi connectivity index (χ3n) is 4.97. The van der Waals surface area contributed by atoms with Crippen LogP contribution in [0.4, 0.5) is 0 Å². The van der Waals surface area contributed by atoms with Crippen molar-refractivity contribution in [1.29, 1.82) is 5.26 Å². The summed E-state index contributed by atoms with van der Waals surface area (Å²) in [5.74, 6) is -1.12. The van der Waals surface area contributed by atoms with E-state index in [1.807, 2.05) is 6.07 Å². The van der Waals surface area contributed by atoms with Crippen LogP contribution in [0.15, 0.2) is 23.1 Å². The molecule has 122 valence electrons. The monoisotopic (exact) mass is 354 g/mol. The fraction of sp³-hybridized carbons (Fsp3) is 0.467. The molecule has 2 atom stereocenters. The van der Waals surface area contributed by atoms with E-state index in [0.717, 1.165) is 6.42 Å². The van der Waals surface area contributed by atoms with Crippen LogP contribution < -0.4 is 0 Å². The Hall–Kier alpha value is -1.62. The number of hydrogen-bond donors (Lipinski definition) is 1. The first-order valence-electron chi connectivity index (χ1n) is 7.25. The highest BCUT2D eigenvalue weighted by Gasteiger charge is 2.57. The molecule has 1 aromatic rings. The molecule has 23 heavy (non-hydrogen) atoms. The summed E-state index contributed by atoms with van der Waals surface area (Å²) >= 11 is 5.92. The molecule has 1 aliphatic carbocycles. The van der Waals surface area contributed by atoms with E-state index in [0.29, 0.717) is 12.8 Å². The maximum absolute atomic E-state index is 12.9. The molecule has 1 aromatic carbocycles. The zero-order valence-electron chi connectivity index (χ0n) is 12.2. The number of rotatable bonds is 3. The summed E-state index contributed by atoms with van der Waals surface area (Å²) in [7, 11) is -3.95. The average Bonchev–Trinajstić information content (AvgIpc) is 3.05. The van der Waals surface area contributed by atoms with Gasteiger partial charge in [-0.1, -0.05) is 24.1 Å². The van der Waals surface area contributed by atoms with Gasteiger partial charge >= 0.3 is 5.97 Å². The van der Waals surface area contributed by atoms with Crippen molar-refractivity contribution >= 4 is 27.6 Å². The molecule has 1 N–H and O–H groups in total. The van der Waals surface area contributed by atoms with Gasteiger partial charge in [0.15, 0.2) is 0 Å². The van der Waals surface area contributed by atoms with Crippen molar-refractivity contribution in [2.45, 2.75) is 24.2 Å². The molecule has 0 spiro atoms. The van der Waals surface area contributed by atoms with Crippen LogP contribution in [-0.2, 0) is 14.8 Å². The lowest BCUT2D eigenvalue weighted by molar-refractivity contribution is -0.149. The number of nitrogens with zero attached hydrogens (tertiary/aromatic N) is 2. The molecule has 8 heteroatoms. The largest absolute Gasteiger partial charge is 0.481 e. The van der Waals surface area contributed by atoms with E-state index in [1.165, 1.54) is 22.5 Å². The van der Waals surface area contributed by atoms with Gasteiger partial charge in [0, 0.05) is 13.1 Å². The molecular formula is C15H15ClN2O4S. The predicted molar refractivity (Wildman–Crippen MR) is 82.3 cm³/mol. The summed E-state index contributed by atoms with van der Waals surface area (Å²) in [5, 5.41) is 18.8. The molecule has 1 aliphatic heterocycles. The minimum Gasteiger partial charge on any atom is -0.481 e. The molecule has 0 bridgehead atoms. The van der Waals surface area contributed by atoms with Crippen LogP contribution in [0.1, 0.15) is 24.8 Å². The van der Waals surface area contributed by atoms with Gasteiger partial charge in [0.05, 0.1) is 16.0 Å². The normalized spacial score (nSPS) is 27.6. The first-order valence-corrected chi connectivity index (χ1v) is 9.07. The fourth-order valence-electron chi connectivity index (χ4n) is 3.74. The predicted octanol–water partition coefficient (Wildman–Crippen LogP) is 2.09. The standard InChI is InChI=1S/C15H15ClN2O4S/c16-12-4-1-5-13(11(12)7-17)23(21,22)18-8-10-3-2-6-15(10,9-18)14(19)20/h1,4-5,10H,2-3,6,8-9H2,(H,19,20)/t10-,15+/m0/s1. The molecule has 2 fully saturated rings. The number of carboxylic acid groups (broad SMARTS) is 1. The van der Waals surface area contributed by atoms with Gasteiger partial charge in [0.2, 0.25) is 10.0 Å². The molecule has 2 aliphatic rings. The van der Waals surface area contributed by atoms with E-state index < -0.39 is 21.4 Å². The molecule has 0 unspecified atom stereocenters. The van der Waals surface area contributed by atoms with Gasteiger partial charge in [-0.3, -0.25) is 4.79 Å². The Morgan fingerprint density at radius 1 is 1.48 bits per heavy atom. The summed E-state index contributed by atoms with van der Waals surface area (Å²) in [5.41, 5.74) is -1.10. The van der Waals surface area contributed by atoms with Crippen molar-refractivity contribution in [2.24, 2.45) is 11.3 Å². The van der Waals surface area contributed by atoms with E-state index in [4.69, 9.17) is 11.6 Å². The van der Waals surface area contributed by atoms with Gasteiger partial charge in [-0.15, -0.1) is 0 Å². The molecule has 6 nitrogen and oxygen atoms in total. The molecule has 1 saturated heterocycles. The first kappa shape index (κ1) is 16.2. The second-order valence-electron chi connectivity index (χ2n) is 6.07. The lowest BCUT2D eigenvalue weighted by Gasteiger charge is -2.23. The topological polar surface area (TPSA) is 98.5 Å². The van der Waals surface area contributed by atoms with Crippen LogP contribution in [0, 0.1) is 22.7 Å². The highest BCUT2D eigenvalue weighted by Crippen LogP contribution is 2.50. The van der Waals surface area contributed by atoms with Crippen LogP contribution in [0.2, 0.25) is 5.02 Å². The Balaban J connectivity index is 2.02. The molecular weight excluding hydrogens is 340 g/mol. The van der Waals surface area contributed by atoms with Crippen molar-refractivity contribution in [3.05, 3.63) is 28.8 Å². The second-order valence-corrected chi connectivity index (χ2v) is 8.39. The number of hydrogen-bond acceptors (Lipinski definition) is 4. The quantitative estimate of drug-likeness (QED) is 0.896. The summed E-state index contributed by atoms with van der Waals surface area (Å²) in [6.45, 7) is 0.124. The number of halogens is 1. The number of fused-ring (bicyclic) bond motifs is 1. The molecule has 0 amide bonds. The van der Waals surface area contributed by atoms with Crippen molar-refractivity contribution in [3.63, 3.8) is 0 Å². The lowest BCUT2D eigenvalue weighted by Crippen LogP contribution is -2.37. The SMILES string of the molecule is N#Cc1c(Cl)cccc1S(=O)(=O)N1C[C@@H]2CCC[C@@]2(C(=O)O)C1. The third kappa shape index (κ3) is 2.33. The number of carbonyl (C=O) groups is 1. The van der Waals surface area contributed by atoms with Crippen LogP contribution in [0.25, 0.3) is 0 Å². The summed E-state index contributed by atoms with van der Waals surface area (Å²) in [6.07, 6.45) is 1.99. The number of aliphatic carboxylic acids is 1. The van der Waals surface area contributed by atoms with Gasteiger partial charge in [-0.2, -0.15) is 9.57 Å². The van der Waals surface area contributed by atoms with Gasteiger partial charge in [0.25, 0.3) is 0 Å². The van der Waals surface area contributed by atoms with Crippen molar-refractivity contribution in [2.75, 3.05) is 13.1 Å². The second kappa shape index (κ2) is 5.48. The van der Waals surface area contributed by atoms with Crippen LogP contribution in [0.3, 0.4) is 0 Å². The molecule has 0 aromatic heterocycles. The minimum absolute atomic E-state index is 0.0489. The number of benzene rings is 1. The Bertz CT molecular complexity index is 817. The molecule has 0 radical (unpaired) electrons. The molecule has 1 saturated carbocycles. The van der Waals surface area contributed by atoms with E-state index in [1.54, 1.807) is 0 Å².